The highest BCUT2D eigenvalue weighted by molar-refractivity contribution is 7.85. The van der Waals surface area contributed by atoms with E-state index in [1.165, 1.54) is 0 Å². The van der Waals surface area contributed by atoms with E-state index in [9.17, 15) is 28.5 Å². The normalized spacial score (nSPS) is 46.4. The maximum absolute atomic E-state index is 12.6. The van der Waals surface area contributed by atoms with Gasteiger partial charge in [-0.3, -0.25) is 9.35 Å². The number of carbonyl (C=O) groups is 1. The van der Waals surface area contributed by atoms with Crippen molar-refractivity contribution in [3.8, 4) is 0 Å². The molecule has 4 aliphatic carbocycles. The number of aliphatic hydroxyl groups is 3. The van der Waals surface area contributed by atoms with E-state index >= 15 is 0 Å². The number of aliphatic hydroxyl groups excluding tert-OH is 3. The second-order valence-corrected chi connectivity index (χ2v) is 15.5. The molecule has 1 amide bonds. The smallest absolute Gasteiger partial charge is 0.266 e. The Kier molecular flexibility index (Phi) is 8.68. The molecule has 0 saturated heterocycles. The topological polar surface area (TPSA) is 144 Å². The summed E-state index contributed by atoms with van der Waals surface area (Å²) < 4.78 is 30.8. The van der Waals surface area contributed by atoms with Gasteiger partial charge in [0.1, 0.15) is 0 Å². The molecular weight excluding hydrogens is 506 g/mol. The SMILES string of the molecule is CC[C@H]1[C@@H](O)C2C3CC[C@H]([C@@H](C)C[C@@H](C)C(=O)NCCS(=O)(=O)O)[C@@]3(C)[C@@H](O)CC2[C@@]2(C)CC[C@@H](O)C[C@@H]12. The molecule has 4 aliphatic rings. The van der Waals surface area contributed by atoms with Crippen molar-refractivity contribution in [2.75, 3.05) is 12.3 Å². The number of amides is 1. The second-order valence-electron chi connectivity index (χ2n) is 13.9. The van der Waals surface area contributed by atoms with Crippen molar-refractivity contribution >= 4 is 16.0 Å². The van der Waals surface area contributed by atoms with E-state index in [0.717, 1.165) is 38.5 Å². The van der Waals surface area contributed by atoms with Gasteiger partial charge in [-0.2, -0.15) is 8.42 Å². The molecule has 9 heteroatoms. The molecule has 0 aromatic rings. The molecule has 4 fully saturated rings. The molecule has 38 heavy (non-hydrogen) atoms. The number of hydrogen-bond donors (Lipinski definition) is 5. The van der Waals surface area contributed by atoms with Crippen molar-refractivity contribution in [2.45, 2.75) is 104 Å². The van der Waals surface area contributed by atoms with E-state index in [2.05, 4.69) is 33.0 Å². The summed E-state index contributed by atoms with van der Waals surface area (Å²) >= 11 is 0. The summed E-state index contributed by atoms with van der Waals surface area (Å²) in [5.41, 5.74) is -0.317. The molecule has 0 bridgehead atoms. The maximum atomic E-state index is 12.6. The molecule has 0 aliphatic heterocycles. The number of hydrogen-bond acceptors (Lipinski definition) is 6. The van der Waals surface area contributed by atoms with Gasteiger partial charge < -0.3 is 20.6 Å². The standard InChI is InChI=1S/C29H51NO7S/c1-6-19-22-14-18(31)9-10-28(22,4)23-15-24(32)29(5)20(7-8-21(29)25(23)26(19)33)16(2)13-17(3)27(34)30-11-12-38(35,36)37/h16-26,31-33H,6-15H2,1-5H3,(H,30,34)(H,35,36,37)/t16-,17+,18+,19+,20+,21?,22-,23?,24-,25?,26+,28-,29+/m0/s1. The predicted molar refractivity (Wildman–Crippen MR) is 146 cm³/mol. The molecule has 0 radical (unpaired) electrons. The van der Waals surface area contributed by atoms with Crippen LogP contribution < -0.4 is 5.32 Å². The molecule has 0 heterocycles. The summed E-state index contributed by atoms with van der Waals surface area (Å²) in [7, 11) is -4.12. The molecule has 3 unspecified atom stereocenters. The van der Waals surface area contributed by atoms with Crippen LogP contribution in [0, 0.1) is 58.2 Å². The third-order valence-electron chi connectivity index (χ3n) is 12.1. The molecule has 0 aromatic carbocycles. The fraction of sp³-hybridized carbons (Fsp3) is 0.966. The average molecular weight is 558 g/mol. The number of rotatable bonds is 8. The third kappa shape index (κ3) is 5.19. The van der Waals surface area contributed by atoms with Gasteiger partial charge in [0.15, 0.2) is 0 Å². The molecule has 0 spiro atoms. The van der Waals surface area contributed by atoms with Crippen molar-refractivity contribution < 1.29 is 33.1 Å². The first-order valence-electron chi connectivity index (χ1n) is 14.9. The Morgan fingerprint density at radius 2 is 1.71 bits per heavy atom. The van der Waals surface area contributed by atoms with E-state index in [-0.39, 0.29) is 76.7 Å². The van der Waals surface area contributed by atoms with Crippen molar-refractivity contribution in [2.24, 2.45) is 58.2 Å². The summed E-state index contributed by atoms with van der Waals surface area (Å²) in [5.74, 6) is 0.401. The zero-order valence-electron chi connectivity index (χ0n) is 23.8. The van der Waals surface area contributed by atoms with Crippen LogP contribution in [0.4, 0.5) is 0 Å². The van der Waals surface area contributed by atoms with Crippen LogP contribution in [0.3, 0.4) is 0 Å². The van der Waals surface area contributed by atoms with Gasteiger partial charge in [0, 0.05) is 12.5 Å². The lowest BCUT2D eigenvalue weighted by atomic mass is 9.41. The van der Waals surface area contributed by atoms with Crippen LogP contribution in [0.25, 0.3) is 0 Å². The molecule has 0 aromatic heterocycles. The van der Waals surface area contributed by atoms with Gasteiger partial charge in [0.2, 0.25) is 5.91 Å². The summed E-state index contributed by atoms with van der Waals surface area (Å²) in [6, 6.07) is 0. The van der Waals surface area contributed by atoms with Gasteiger partial charge in [0.05, 0.1) is 24.1 Å². The summed E-state index contributed by atoms with van der Waals surface area (Å²) in [4.78, 5) is 12.6. The highest BCUT2D eigenvalue weighted by atomic mass is 32.2. The van der Waals surface area contributed by atoms with Gasteiger partial charge in [-0.25, -0.2) is 0 Å². The van der Waals surface area contributed by atoms with Crippen LogP contribution >= 0.6 is 0 Å². The zero-order valence-corrected chi connectivity index (χ0v) is 24.7. The predicted octanol–water partition coefficient (Wildman–Crippen LogP) is 3.25. The largest absolute Gasteiger partial charge is 0.393 e. The van der Waals surface area contributed by atoms with E-state index in [1.807, 2.05) is 6.92 Å². The first-order valence-corrected chi connectivity index (χ1v) is 16.5. The molecule has 5 N–H and O–H groups in total. The summed E-state index contributed by atoms with van der Waals surface area (Å²) in [6.07, 6.45) is 5.43. The quantitative estimate of drug-likeness (QED) is 0.288. The average Bonchev–Trinajstić information content (AvgIpc) is 3.19. The van der Waals surface area contributed by atoms with E-state index in [1.54, 1.807) is 0 Å². The minimum Gasteiger partial charge on any atom is -0.393 e. The van der Waals surface area contributed by atoms with Crippen molar-refractivity contribution in [1.82, 2.24) is 5.32 Å². The molecule has 8 nitrogen and oxygen atoms in total. The van der Waals surface area contributed by atoms with Crippen LogP contribution in [-0.4, -0.2) is 64.8 Å². The Bertz CT molecular complexity index is 974. The summed E-state index contributed by atoms with van der Waals surface area (Å²) in [5, 5.41) is 36.8. The molecular formula is C29H51NO7S. The Morgan fingerprint density at radius 1 is 1.03 bits per heavy atom. The molecule has 4 saturated carbocycles. The van der Waals surface area contributed by atoms with Gasteiger partial charge in [-0.05, 0) is 97.2 Å². The Balaban J connectivity index is 1.51. The summed E-state index contributed by atoms with van der Waals surface area (Å²) in [6.45, 7) is 10.6. The fourth-order valence-corrected chi connectivity index (χ4v) is 10.6. The van der Waals surface area contributed by atoms with Crippen LogP contribution in [0.15, 0.2) is 0 Å². The molecule has 220 valence electrons. The highest BCUT2D eigenvalue weighted by Gasteiger charge is 2.67. The lowest BCUT2D eigenvalue weighted by Crippen LogP contribution is -2.65. The number of fused-ring (bicyclic) bond motifs is 5. The van der Waals surface area contributed by atoms with Gasteiger partial charge in [-0.15, -0.1) is 0 Å². The second kappa shape index (κ2) is 10.9. The van der Waals surface area contributed by atoms with E-state index in [0.29, 0.717) is 12.8 Å². The first-order chi connectivity index (χ1) is 17.6. The lowest BCUT2D eigenvalue weighted by Gasteiger charge is -2.65. The number of carbonyl (C=O) groups excluding carboxylic acids is 1. The van der Waals surface area contributed by atoms with E-state index in [4.69, 9.17) is 4.55 Å². The first kappa shape index (κ1) is 30.2. The molecule has 13 atom stereocenters. The van der Waals surface area contributed by atoms with Crippen LogP contribution in [0.1, 0.15) is 86.0 Å². The maximum Gasteiger partial charge on any atom is 0.266 e. The van der Waals surface area contributed by atoms with Crippen molar-refractivity contribution in [3.05, 3.63) is 0 Å². The number of nitrogens with one attached hydrogen (secondary N) is 1. The van der Waals surface area contributed by atoms with Crippen LogP contribution in [0.2, 0.25) is 0 Å². The van der Waals surface area contributed by atoms with Gasteiger partial charge in [-0.1, -0.05) is 41.0 Å². The zero-order chi connectivity index (χ0) is 28.2. The Morgan fingerprint density at radius 3 is 2.34 bits per heavy atom. The Labute approximate surface area is 229 Å². The monoisotopic (exact) mass is 557 g/mol. The molecule has 4 rings (SSSR count). The van der Waals surface area contributed by atoms with Crippen LogP contribution in [-0.2, 0) is 14.9 Å². The van der Waals surface area contributed by atoms with Crippen molar-refractivity contribution in [3.63, 3.8) is 0 Å². The minimum absolute atomic E-state index is 0.0183. The third-order valence-corrected chi connectivity index (χ3v) is 12.8. The Hall–Kier alpha value is -0.740. The minimum atomic E-state index is -4.12. The van der Waals surface area contributed by atoms with E-state index < -0.39 is 28.1 Å². The van der Waals surface area contributed by atoms with Gasteiger partial charge in [0.25, 0.3) is 10.1 Å². The van der Waals surface area contributed by atoms with Crippen molar-refractivity contribution in [1.29, 1.82) is 0 Å². The highest BCUT2D eigenvalue weighted by Crippen LogP contribution is 2.69. The van der Waals surface area contributed by atoms with Crippen LogP contribution in [0.5, 0.6) is 0 Å². The fourth-order valence-electron chi connectivity index (χ4n) is 10.2. The lowest BCUT2D eigenvalue weighted by molar-refractivity contribution is -0.228. The van der Waals surface area contributed by atoms with Gasteiger partial charge >= 0.3 is 0 Å².